The van der Waals surface area contributed by atoms with Gasteiger partial charge in [-0.2, -0.15) is 5.26 Å². The zero-order valence-corrected chi connectivity index (χ0v) is 26.1. The van der Waals surface area contributed by atoms with Crippen molar-refractivity contribution in [1.29, 1.82) is 5.26 Å². The van der Waals surface area contributed by atoms with Gasteiger partial charge in [0, 0.05) is 32.2 Å². The minimum absolute atomic E-state index is 0.153. The number of thiophene rings is 1. The molecular formula is C44H26N2S. The van der Waals surface area contributed by atoms with Gasteiger partial charge < -0.3 is 4.57 Å². The van der Waals surface area contributed by atoms with E-state index in [4.69, 9.17) is 0 Å². The molecule has 3 heteroatoms. The fourth-order valence-corrected chi connectivity index (χ4v) is 9.02. The van der Waals surface area contributed by atoms with Crippen molar-refractivity contribution < 1.29 is 0 Å². The van der Waals surface area contributed by atoms with Crippen molar-refractivity contribution in [3.8, 4) is 34.0 Å². The quantitative estimate of drug-likeness (QED) is 0.195. The van der Waals surface area contributed by atoms with Crippen LogP contribution < -0.4 is 0 Å². The first-order chi connectivity index (χ1) is 23.3. The van der Waals surface area contributed by atoms with Crippen LogP contribution in [0.25, 0.3) is 69.9 Å². The predicted molar refractivity (Wildman–Crippen MR) is 197 cm³/mol. The number of hydrogen-bond acceptors (Lipinski definition) is 2. The Kier molecular flexibility index (Phi) is 5.61. The van der Waals surface area contributed by atoms with Gasteiger partial charge in [0.15, 0.2) is 0 Å². The molecule has 7 aromatic carbocycles. The third-order valence-corrected chi connectivity index (χ3v) is 11.1. The second-order valence-corrected chi connectivity index (χ2v) is 13.4. The predicted octanol–water partition coefficient (Wildman–Crippen LogP) is 11.9. The van der Waals surface area contributed by atoms with Crippen molar-refractivity contribution in [2.75, 3.05) is 0 Å². The second-order valence-electron chi connectivity index (χ2n) is 12.4. The normalized spacial score (nSPS) is 13.7. The highest BCUT2D eigenvalue weighted by molar-refractivity contribution is 7.26. The van der Waals surface area contributed by atoms with E-state index in [1.54, 1.807) is 0 Å². The zero-order valence-electron chi connectivity index (χ0n) is 25.3. The molecule has 10 rings (SSSR count). The highest BCUT2D eigenvalue weighted by atomic mass is 32.1. The molecule has 1 unspecified atom stereocenters. The number of nitrogens with zero attached hydrogens (tertiary/aromatic N) is 2. The minimum Gasteiger partial charge on any atom is -0.308 e. The topological polar surface area (TPSA) is 28.7 Å². The molecule has 1 aliphatic carbocycles. The summed E-state index contributed by atoms with van der Waals surface area (Å²) in [6.45, 7) is 0. The SMILES string of the molecule is N#Cc1ccc(C2c3ccccc3-c3cc(-c4ccc5c(c4)c4ccccc4n5-c4cccc5c4sc4ccccc45)ccc32)cc1. The van der Waals surface area contributed by atoms with Gasteiger partial charge in [0.1, 0.15) is 0 Å². The van der Waals surface area contributed by atoms with Crippen LogP contribution in [0.3, 0.4) is 0 Å². The Morgan fingerprint density at radius 2 is 1.23 bits per heavy atom. The Labute approximate surface area is 276 Å². The van der Waals surface area contributed by atoms with Crippen LogP contribution in [0.15, 0.2) is 152 Å². The maximum atomic E-state index is 9.35. The van der Waals surface area contributed by atoms with Crippen molar-refractivity contribution in [3.05, 3.63) is 174 Å². The molecule has 2 heterocycles. The van der Waals surface area contributed by atoms with E-state index in [-0.39, 0.29) is 5.92 Å². The zero-order chi connectivity index (χ0) is 31.1. The Bertz CT molecular complexity index is 2750. The summed E-state index contributed by atoms with van der Waals surface area (Å²) in [5.74, 6) is 0.153. The molecule has 2 aromatic heterocycles. The fraction of sp³-hybridized carbons (Fsp3) is 0.0227. The van der Waals surface area contributed by atoms with E-state index in [1.165, 1.54) is 86.6 Å². The van der Waals surface area contributed by atoms with Crippen molar-refractivity contribution >= 4 is 53.3 Å². The molecule has 0 spiro atoms. The summed E-state index contributed by atoms with van der Waals surface area (Å²) >= 11 is 1.87. The van der Waals surface area contributed by atoms with Gasteiger partial charge in [-0.1, -0.05) is 103 Å². The first kappa shape index (κ1) is 26.3. The Morgan fingerprint density at radius 1 is 0.532 bits per heavy atom. The van der Waals surface area contributed by atoms with E-state index in [2.05, 4.69) is 150 Å². The number of para-hydroxylation sites is 1. The molecule has 47 heavy (non-hydrogen) atoms. The van der Waals surface area contributed by atoms with Gasteiger partial charge in [0.25, 0.3) is 0 Å². The van der Waals surface area contributed by atoms with Gasteiger partial charge in [0.2, 0.25) is 0 Å². The summed E-state index contributed by atoms with van der Waals surface area (Å²) in [6.07, 6.45) is 0. The van der Waals surface area contributed by atoms with Gasteiger partial charge in [-0.25, -0.2) is 0 Å². The van der Waals surface area contributed by atoms with Crippen molar-refractivity contribution in [3.63, 3.8) is 0 Å². The lowest BCUT2D eigenvalue weighted by Crippen LogP contribution is -1.99. The standard InChI is InChI=1S/C44H26N2S/c45-26-27-16-18-28(19-17-27)43-34-11-2-1-8-31(34)37-24-29(20-22-35(37)43)30-21-23-40-38(25-30)32-9-3-5-13-39(32)46(40)41-14-7-12-36-33-10-4-6-15-42(33)47-44(36)41/h1-25,43H. The van der Waals surface area contributed by atoms with E-state index in [0.717, 1.165) is 0 Å². The van der Waals surface area contributed by atoms with Gasteiger partial charge in [0.05, 0.1) is 33.1 Å². The lowest BCUT2D eigenvalue weighted by atomic mass is 9.88. The smallest absolute Gasteiger partial charge is 0.0991 e. The number of rotatable bonds is 3. The summed E-state index contributed by atoms with van der Waals surface area (Å²) in [4.78, 5) is 0. The van der Waals surface area contributed by atoms with Crippen molar-refractivity contribution in [1.82, 2.24) is 4.57 Å². The molecule has 2 nitrogen and oxygen atoms in total. The van der Waals surface area contributed by atoms with Crippen LogP contribution in [0.1, 0.15) is 28.2 Å². The molecule has 0 bridgehead atoms. The molecule has 0 saturated heterocycles. The molecule has 0 saturated carbocycles. The Balaban J connectivity index is 1.15. The van der Waals surface area contributed by atoms with Gasteiger partial charge in [-0.3, -0.25) is 0 Å². The fourth-order valence-electron chi connectivity index (χ4n) is 7.81. The number of hydrogen-bond donors (Lipinski definition) is 0. The molecule has 0 fully saturated rings. The summed E-state index contributed by atoms with van der Waals surface area (Å²) in [5, 5.41) is 14.5. The van der Waals surface area contributed by atoms with Crippen molar-refractivity contribution in [2.24, 2.45) is 0 Å². The van der Waals surface area contributed by atoms with Crippen LogP contribution in [0.4, 0.5) is 0 Å². The van der Waals surface area contributed by atoms with E-state index >= 15 is 0 Å². The molecule has 1 aliphatic rings. The number of benzene rings is 7. The maximum Gasteiger partial charge on any atom is 0.0991 e. The van der Waals surface area contributed by atoms with E-state index in [1.807, 2.05) is 23.5 Å². The summed E-state index contributed by atoms with van der Waals surface area (Å²) < 4.78 is 5.08. The first-order valence-electron chi connectivity index (χ1n) is 15.9. The summed E-state index contributed by atoms with van der Waals surface area (Å²) in [7, 11) is 0. The van der Waals surface area contributed by atoms with Crippen LogP contribution in [0.2, 0.25) is 0 Å². The van der Waals surface area contributed by atoms with Gasteiger partial charge >= 0.3 is 0 Å². The van der Waals surface area contributed by atoms with Crippen LogP contribution >= 0.6 is 11.3 Å². The highest BCUT2D eigenvalue weighted by Crippen LogP contribution is 2.49. The second kappa shape index (κ2) is 10.0. The molecule has 9 aromatic rings. The van der Waals surface area contributed by atoms with E-state index in [0.29, 0.717) is 5.56 Å². The average Bonchev–Trinajstić information content (AvgIpc) is 3.79. The highest BCUT2D eigenvalue weighted by Gasteiger charge is 2.30. The lowest BCUT2D eigenvalue weighted by Gasteiger charge is -2.15. The average molecular weight is 615 g/mol. The van der Waals surface area contributed by atoms with Crippen LogP contribution in [0, 0.1) is 11.3 Å². The lowest BCUT2D eigenvalue weighted by molar-refractivity contribution is 1.01. The van der Waals surface area contributed by atoms with Crippen LogP contribution in [0.5, 0.6) is 0 Å². The first-order valence-corrected chi connectivity index (χ1v) is 16.8. The number of nitriles is 1. The van der Waals surface area contributed by atoms with E-state index in [9.17, 15) is 5.26 Å². The minimum atomic E-state index is 0.153. The molecule has 0 N–H and O–H groups in total. The molecule has 218 valence electrons. The Hall–Kier alpha value is -5.95. The van der Waals surface area contributed by atoms with Gasteiger partial charge in [-0.05, 0) is 87.5 Å². The van der Waals surface area contributed by atoms with Crippen LogP contribution in [-0.2, 0) is 0 Å². The number of aromatic nitrogens is 1. The van der Waals surface area contributed by atoms with Crippen molar-refractivity contribution in [2.45, 2.75) is 5.92 Å². The summed E-state index contributed by atoms with van der Waals surface area (Å²) in [5.41, 5.74) is 13.2. The molecule has 0 amide bonds. The van der Waals surface area contributed by atoms with Crippen LogP contribution in [-0.4, -0.2) is 4.57 Å². The molecular weight excluding hydrogens is 589 g/mol. The van der Waals surface area contributed by atoms with Gasteiger partial charge in [-0.15, -0.1) is 11.3 Å². The molecule has 1 atom stereocenters. The largest absolute Gasteiger partial charge is 0.308 e. The third-order valence-electron chi connectivity index (χ3n) is 9.93. The summed E-state index contributed by atoms with van der Waals surface area (Å²) in [6, 6.07) is 57.2. The molecule has 0 aliphatic heterocycles. The Morgan fingerprint density at radius 3 is 2.13 bits per heavy atom. The van der Waals surface area contributed by atoms with E-state index < -0.39 is 0 Å². The maximum absolute atomic E-state index is 9.35. The number of fused-ring (bicyclic) bond motifs is 9. The third kappa shape index (κ3) is 3.83. The monoisotopic (exact) mass is 614 g/mol. The molecule has 0 radical (unpaired) electrons.